The molecule has 8 nitrogen and oxygen atoms in total. The Balaban J connectivity index is 0.000000157. The summed E-state index contributed by atoms with van der Waals surface area (Å²) in [4.78, 5) is 43.3. The zero-order valence-corrected chi connectivity index (χ0v) is 30.0. The van der Waals surface area contributed by atoms with E-state index in [4.69, 9.17) is 20.4 Å². The summed E-state index contributed by atoms with van der Waals surface area (Å²) < 4.78 is 0. The molecule has 262 valence electrons. The van der Waals surface area contributed by atoms with Gasteiger partial charge in [-0.15, -0.1) is 0 Å². The Labute approximate surface area is 318 Å². The second-order valence-electron chi connectivity index (χ2n) is 11.3. The maximum absolute atomic E-state index is 10.8. The van der Waals surface area contributed by atoms with Crippen LogP contribution in [0.15, 0.2) is 170 Å². The van der Waals surface area contributed by atoms with Crippen LogP contribution in [-0.2, 0) is 21.1 Å². The molecule has 0 amide bonds. The molecule has 0 aliphatic carbocycles. The molecule has 0 radical (unpaired) electrons. The van der Waals surface area contributed by atoms with Crippen LogP contribution in [0.25, 0.3) is 43.1 Å². The van der Waals surface area contributed by atoms with Crippen LogP contribution in [0.5, 0.6) is 0 Å². The zero-order valence-electron chi connectivity index (χ0n) is 28.0. The molecule has 0 saturated carbocycles. The normalized spacial score (nSPS) is 9.96. The van der Waals surface area contributed by atoms with Gasteiger partial charge in [-0.2, -0.15) is 0 Å². The van der Waals surface area contributed by atoms with Crippen LogP contribution in [-0.4, -0.2) is 44.3 Å². The van der Waals surface area contributed by atoms with Gasteiger partial charge in [0.05, 0.1) is 22.3 Å². The molecule has 0 fully saturated rings. The maximum Gasteiger partial charge on any atom is 0.336 e. The number of benzene rings is 8. The Kier molecular flexibility index (Phi) is 13.7. The topological polar surface area (TPSA) is 149 Å². The third kappa shape index (κ3) is 9.79. The Bertz CT molecular complexity index is 2180. The minimum Gasteiger partial charge on any atom is -0.478 e. The zero-order chi connectivity index (χ0) is 37.0. The predicted molar refractivity (Wildman–Crippen MR) is 204 cm³/mol. The number of rotatable bonds is 4. The van der Waals surface area contributed by atoms with Crippen molar-refractivity contribution in [2.24, 2.45) is 0 Å². The van der Waals surface area contributed by atoms with Crippen molar-refractivity contribution in [1.82, 2.24) is 0 Å². The predicted octanol–water partition coefficient (Wildman–Crippen LogP) is 10.1. The summed E-state index contributed by atoms with van der Waals surface area (Å²) in [5.74, 6) is -3.51. The molecule has 9 heteroatoms. The summed E-state index contributed by atoms with van der Waals surface area (Å²) in [7, 11) is 0. The van der Waals surface area contributed by atoms with Gasteiger partial charge < -0.3 is 20.4 Å². The van der Waals surface area contributed by atoms with E-state index in [1.807, 2.05) is 121 Å². The summed E-state index contributed by atoms with van der Waals surface area (Å²) >= 11 is 0. The minimum absolute atomic E-state index is 0. The van der Waals surface area contributed by atoms with Crippen molar-refractivity contribution in [3.05, 3.63) is 192 Å². The SMILES string of the molecule is O=C(O)c1cccc2ccccc12.O=C(O)c1cccc2ccccc12.O=C(O)c1cccc2ccccc12.O=C(O)c1cccc2ccccc12.[Mo]. The van der Waals surface area contributed by atoms with Crippen LogP contribution in [0.4, 0.5) is 0 Å². The maximum atomic E-state index is 10.8. The number of hydrogen-bond acceptors (Lipinski definition) is 4. The first-order valence-corrected chi connectivity index (χ1v) is 16.0. The van der Waals surface area contributed by atoms with E-state index in [9.17, 15) is 19.2 Å². The van der Waals surface area contributed by atoms with Gasteiger partial charge in [0.1, 0.15) is 0 Å². The molecule has 0 aromatic heterocycles. The molecule has 0 unspecified atom stereocenters. The van der Waals surface area contributed by atoms with E-state index in [0.29, 0.717) is 22.3 Å². The van der Waals surface area contributed by atoms with E-state index >= 15 is 0 Å². The standard InChI is InChI=1S/4C11H8O2.Mo/c4*12-11(13)10-7-3-5-8-4-1-2-6-9(8)10;/h4*1-7H,(H,12,13);. The number of hydrogen-bond donors (Lipinski definition) is 4. The van der Waals surface area contributed by atoms with E-state index in [-0.39, 0.29) is 21.1 Å². The Morgan fingerprint density at radius 3 is 0.623 bits per heavy atom. The van der Waals surface area contributed by atoms with E-state index < -0.39 is 23.9 Å². The van der Waals surface area contributed by atoms with E-state index in [1.54, 1.807) is 48.5 Å². The molecular weight excluding hydrogens is 752 g/mol. The second kappa shape index (κ2) is 18.6. The minimum atomic E-state index is -0.878. The van der Waals surface area contributed by atoms with Crippen molar-refractivity contribution in [3.63, 3.8) is 0 Å². The summed E-state index contributed by atoms with van der Waals surface area (Å²) in [6.45, 7) is 0. The molecule has 0 bridgehead atoms. The number of carboxylic acids is 4. The van der Waals surface area contributed by atoms with E-state index in [1.165, 1.54) is 0 Å². The third-order valence-corrected chi connectivity index (χ3v) is 8.08. The Morgan fingerprint density at radius 1 is 0.264 bits per heavy atom. The molecule has 8 aromatic carbocycles. The van der Waals surface area contributed by atoms with Gasteiger partial charge in [-0.1, -0.05) is 146 Å². The monoisotopic (exact) mass is 786 g/mol. The van der Waals surface area contributed by atoms with Crippen molar-refractivity contribution in [2.75, 3.05) is 0 Å². The van der Waals surface area contributed by atoms with Gasteiger partial charge >= 0.3 is 23.9 Å². The fourth-order valence-corrected chi connectivity index (χ4v) is 5.65. The fraction of sp³-hybridized carbons (Fsp3) is 0. The second-order valence-corrected chi connectivity index (χ2v) is 11.3. The number of carbonyl (C=O) groups is 4. The molecule has 8 rings (SSSR count). The van der Waals surface area contributed by atoms with Crippen molar-refractivity contribution in [1.29, 1.82) is 0 Å². The van der Waals surface area contributed by atoms with E-state index in [0.717, 1.165) is 43.1 Å². The Hall–Kier alpha value is -6.63. The average Bonchev–Trinajstić information content (AvgIpc) is 3.17. The van der Waals surface area contributed by atoms with Gasteiger partial charge in [0.15, 0.2) is 0 Å². The van der Waals surface area contributed by atoms with Crippen molar-refractivity contribution in [2.45, 2.75) is 0 Å². The average molecular weight is 785 g/mol. The van der Waals surface area contributed by atoms with Crippen LogP contribution in [0, 0.1) is 0 Å². The molecule has 53 heavy (non-hydrogen) atoms. The molecule has 0 aliphatic heterocycles. The molecule has 4 N–H and O–H groups in total. The van der Waals surface area contributed by atoms with Gasteiger partial charge in [-0.25, -0.2) is 19.2 Å². The first-order valence-electron chi connectivity index (χ1n) is 16.0. The molecule has 0 saturated heterocycles. The molecule has 0 aliphatic rings. The first kappa shape index (κ1) is 39.2. The molecule has 0 atom stereocenters. The van der Waals surface area contributed by atoms with E-state index in [2.05, 4.69) is 0 Å². The van der Waals surface area contributed by atoms with Crippen LogP contribution >= 0.6 is 0 Å². The van der Waals surface area contributed by atoms with Gasteiger partial charge in [0.2, 0.25) is 0 Å². The van der Waals surface area contributed by atoms with Gasteiger partial charge in [-0.05, 0) is 67.4 Å². The quantitative estimate of drug-likeness (QED) is 0.129. The first-order chi connectivity index (χ1) is 25.2. The summed E-state index contributed by atoms with van der Waals surface area (Å²) in [6, 6.07) is 51.0. The number of fused-ring (bicyclic) bond motifs is 4. The summed E-state index contributed by atoms with van der Waals surface area (Å²) in [6.07, 6.45) is 0. The van der Waals surface area contributed by atoms with Crippen molar-refractivity contribution in [3.8, 4) is 0 Å². The van der Waals surface area contributed by atoms with Crippen LogP contribution < -0.4 is 0 Å². The van der Waals surface area contributed by atoms with Gasteiger partial charge in [0.25, 0.3) is 0 Å². The molecule has 8 aromatic rings. The van der Waals surface area contributed by atoms with Gasteiger partial charge in [0, 0.05) is 21.1 Å². The number of aromatic carboxylic acids is 4. The molecular formula is C44H32MoO8. The van der Waals surface area contributed by atoms with Crippen molar-refractivity contribution >= 4 is 67.0 Å². The summed E-state index contributed by atoms with van der Waals surface area (Å²) in [5.41, 5.74) is 1.44. The summed E-state index contributed by atoms with van der Waals surface area (Å²) in [5, 5.41) is 42.5. The van der Waals surface area contributed by atoms with Crippen LogP contribution in [0.3, 0.4) is 0 Å². The molecule has 0 heterocycles. The van der Waals surface area contributed by atoms with Crippen LogP contribution in [0.1, 0.15) is 41.4 Å². The smallest absolute Gasteiger partial charge is 0.336 e. The molecule has 0 spiro atoms. The van der Waals surface area contributed by atoms with Crippen LogP contribution in [0.2, 0.25) is 0 Å². The van der Waals surface area contributed by atoms with Crippen molar-refractivity contribution < 1.29 is 60.7 Å². The number of carboxylic acid groups (broad SMARTS) is 4. The third-order valence-electron chi connectivity index (χ3n) is 8.08. The fourth-order valence-electron chi connectivity index (χ4n) is 5.65. The Morgan fingerprint density at radius 2 is 0.434 bits per heavy atom. The largest absolute Gasteiger partial charge is 0.478 e. The van der Waals surface area contributed by atoms with Gasteiger partial charge in [-0.3, -0.25) is 0 Å².